The van der Waals surface area contributed by atoms with Gasteiger partial charge in [0.25, 0.3) is 0 Å². The van der Waals surface area contributed by atoms with Crippen LogP contribution in [0.15, 0.2) is 0 Å². The maximum absolute atomic E-state index is 9.34. The van der Waals surface area contributed by atoms with Gasteiger partial charge in [0.05, 0.1) is 6.61 Å². The molecule has 0 aliphatic carbocycles. The summed E-state index contributed by atoms with van der Waals surface area (Å²) in [6.45, 7) is 9.27. The summed E-state index contributed by atoms with van der Waals surface area (Å²) in [5, 5.41) is 12.6. The van der Waals surface area contributed by atoms with Gasteiger partial charge in [-0.25, -0.2) is 0 Å². The minimum absolute atomic E-state index is 0.122. The lowest BCUT2D eigenvalue weighted by atomic mass is 9.92. The van der Waals surface area contributed by atoms with Crippen LogP contribution in [-0.4, -0.2) is 48.3 Å². The molecule has 2 N–H and O–H groups in total. The number of rotatable bonds is 5. The number of hydrogen-bond donors (Lipinski definition) is 2. The van der Waals surface area contributed by atoms with Crippen molar-refractivity contribution < 1.29 is 5.11 Å². The minimum atomic E-state index is -0.122. The van der Waals surface area contributed by atoms with Crippen LogP contribution < -0.4 is 5.32 Å². The second-order valence-corrected chi connectivity index (χ2v) is 5.73. The molecule has 0 amide bonds. The average Bonchev–Trinajstić information content (AvgIpc) is 2.27. The fraction of sp³-hybridized carbons (Fsp3) is 1.00. The lowest BCUT2D eigenvalue weighted by molar-refractivity contribution is 0.101. The van der Waals surface area contributed by atoms with Crippen LogP contribution in [0, 0.1) is 5.92 Å². The van der Waals surface area contributed by atoms with Crippen LogP contribution in [0.2, 0.25) is 0 Å². The van der Waals surface area contributed by atoms with E-state index in [4.69, 9.17) is 0 Å². The molecule has 1 aliphatic rings. The van der Waals surface area contributed by atoms with Gasteiger partial charge in [0, 0.05) is 18.1 Å². The summed E-state index contributed by atoms with van der Waals surface area (Å²) in [6, 6.07) is 0.698. The molecule has 3 heteroatoms. The van der Waals surface area contributed by atoms with E-state index in [9.17, 15) is 5.11 Å². The molecule has 1 rings (SSSR count). The smallest absolute Gasteiger partial charge is 0.0610 e. The first kappa shape index (κ1) is 13.9. The second kappa shape index (κ2) is 5.99. The van der Waals surface area contributed by atoms with Crippen molar-refractivity contribution in [2.75, 3.05) is 26.7 Å². The van der Waals surface area contributed by atoms with Gasteiger partial charge in [-0.3, -0.25) is 0 Å². The Hall–Kier alpha value is -0.120. The van der Waals surface area contributed by atoms with Gasteiger partial charge in [-0.2, -0.15) is 0 Å². The summed E-state index contributed by atoms with van der Waals surface area (Å²) >= 11 is 0. The van der Waals surface area contributed by atoms with Gasteiger partial charge in [-0.1, -0.05) is 6.92 Å². The Kier molecular flexibility index (Phi) is 5.22. The number of aliphatic hydroxyl groups excluding tert-OH is 1. The van der Waals surface area contributed by atoms with Gasteiger partial charge in [0.1, 0.15) is 0 Å². The highest BCUT2D eigenvalue weighted by atomic mass is 16.3. The summed E-state index contributed by atoms with van der Waals surface area (Å²) in [4.78, 5) is 2.56. The van der Waals surface area contributed by atoms with Crippen LogP contribution in [0.3, 0.4) is 0 Å². The van der Waals surface area contributed by atoms with Crippen LogP contribution in [-0.2, 0) is 0 Å². The Morgan fingerprint density at radius 2 is 2.12 bits per heavy atom. The average molecular weight is 228 g/mol. The number of nitrogens with zero attached hydrogens (tertiary/aromatic N) is 1. The van der Waals surface area contributed by atoms with Gasteiger partial charge < -0.3 is 15.3 Å². The highest BCUT2D eigenvalue weighted by Crippen LogP contribution is 2.23. The molecule has 16 heavy (non-hydrogen) atoms. The van der Waals surface area contributed by atoms with Crippen molar-refractivity contribution in [1.82, 2.24) is 10.2 Å². The zero-order valence-electron chi connectivity index (χ0n) is 11.3. The Balaban J connectivity index is 2.37. The van der Waals surface area contributed by atoms with E-state index in [0.29, 0.717) is 6.04 Å². The third-order valence-corrected chi connectivity index (χ3v) is 4.18. The van der Waals surface area contributed by atoms with Gasteiger partial charge >= 0.3 is 0 Å². The Bertz CT molecular complexity index is 204. The van der Waals surface area contributed by atoms with Crippen molar-refractivity contribution in [1.29, 1.82) is 0 Å². The van der Waals surface area contributed by atoms with E-state index in [1.807, 2.05) is 7.05 Å². The maximum Gasteiger partial charge on any atom is 0.0610 e. The zero-order valence-corrected chi connectivity index (χ0v) is 11.3. The predicted molar refractivity (Wildman–Crippen MR) is 68.6 cm³/mol. The first-order chi connectivity index (χ1) is 7.50. The lowest BCUT2D eigenvalue weighted by Crippen LogP contribution is -2.48. The fourth-order valence-corrected chi connectivity index (χ4v) is 2.46. The molecule has 1 fully saturated rings. The van der Waals surface area contributed by atoms with E-state index in [2.05, 4.69) is 31.0 Å². The first-order valence-corrected chi connectivity index (χ1v) is 6.54. The van der Waals surface area contributed by atoms with E-state index in [1.165, 1.54) is 19.4 Å². The van der Waals surface area contributed by atoms with Crippen molar-refractivity contribution >= 4 is 0 Å². The molecule has 1 saturated heterocycles. The first-order valence-electron chi connectivity index (χ1n) is 6.54. The predicted octanol–water partition coefficient (Wildman–Crippen LogP) is 1.47. The van der Waals surface area contributed by atoms with Crippen molar-refractivity contribution in [3.05, 3.63) is 0 Å². The zero-order chi connectivity index (χ0) is 12.2. The Labute approximate surface area is 100 Å². The van der Waals surface area contributed by atoms with Crippen molar-refractivity contribution in [3.8, 4) is 0 Å². The van der Waals surface area contributed by atoms with Crippen molar-refractivity contribution in [3.63, 3.8) is 0 Å². The molecule has 96 valence electrons. The molecule has 0 aromatic heterocycles. The molecule has 0 radical (unpaired) electrons. The number of likely N-dealkylation sites (tertiary alicyclic amines) is 1. The van der Waals surface area contributed by atoms with Crippen molar-refractivity contribution in [2.24, 2.45) is 5.92 Å². The monoisotopic (exact) mass is 228 g/mol. The molecular formula is C13H28N2O. The van der Waals surface area contributed by atoms with Gasteiger partial charge in [-0.05, 0) is 52.6 Å². The lowest BCUT2D eigenvalue weighted by Gasteiger charge is -2.38. The van der Waals surface area contributed by atoms with Gasteiger partial charge in [-0.15, -0.1) is 0 Å². The van der Waals surface area contributed by atoms with Crippen LogP contribution in [0.25, 0.3) is 0 Å². The van der Waals surface area contributed by atoms with Crippen LogP contribution in [0.1, 0.15) is 40.0 Å². The Morgan fingerprint density at radius 1 is 1.44 bits per heavy atom. The molecule has 1 heterocycles. The van der Waals surface area contributed by atoms with E-state index in [-0.39, 0.29) is 12.1 Å². The molecule has 0 bridgehead atoms. The largest absolute Gasteiger partial charge is 0.394 e. The van der Waals surface area contributed by atoms with E-state index in [0.717, 1.165) is 18.9 Å². The number of likely N-dealkylation sites (N-methyl/N-ethyl adjacent to an activating group) is 1. The topological polar surface area (TPSA) is 35.5 Å². The number of hydrogen-bond acceptors (Lipinski definition) is 3. The SMILES string of the molecule is CNC(C)(CO)CCN1CCC(C)CC1C. The van der Waals surface area contributed by atoms with Gasteiger partial charge in [0.15, 0.2) is 0 Å². The second-order valence-electron chi connectivity index (χ2n) is 5.73. The van der Waals surface area contributed by atoms with E-state index < -0.39 is 0 Å². The van der Waals surface area contributed by atoms with Gasteiger partial charge in [0.2, 0.25) is 0 Å². The Morgan fingerprint density at radius 3 is 2.62 bits per heavy atom. The molecule has 0 aromatic rings. The highest BCUT2D eigenvalue weighted by molar-refractivity contribution is 4.84. The standard InChI is InChI=1S/C13H28N2O/c1-11-5-7-15(12(2)9-11)8-6-13(3,10-16)14-4/h11-12,14,16H,5-10H2,1-4H3. The minimum Gasteiger partial charge on any atom is -0.394 e. The van der Waals surface area contributed by atoms with Crippen LogP contribution >= 0.6 is 0 Å². The summed E-state index contributed by atoms with van der Waals surface area (Å²) < 4.78 is 0. The van der Waals surface area contributed by atoms with E-state index in [1.54, 1.807) is 0 Å². The number of piperidine rings is 1. The molecule has 0 aromatic carbocycles. The molecule has 0 saturated carbocycles. The van der Waals surface area contributed by atoms with Crippen LogP contribution in [0.5, 0.6) is 0 Å². The normalized spacial score (nSPS) is 31.3. The summed E-state index contributed by atoms with van der Waals surface area (Å²) in [5.74, 6) is 0.875. The van der Waals surface area contributed by atoms with Crippen molar-refractivity contribution in [2.45, 2.75) is 51.6 Å². The summed E-state index contributed by atoms with van der Waals surface area (Å²) in [7, 11) is 1.93. The maximum atomic E-state index is 9.34. The molecular weight excluding hydrogens is 200 g/mol. The summed E-state index contributed by atoms with van der Waals surface area (Å²) in [6.07, 6.45) is 3.65. The summed E-state index contributed by atoms with van der Waals surface area (Å²) in [5.41, 5.74) is -0.122. The third kappa shape index (κ3) is 3.72. The number of aliphatic hydroxyl groups is 1. The van der Waals surface area contributed by atoms with E-state index >= 15 is 0 Å². The third-order valence-electron chi connectivity index (χ3n) is 4.18. The quantitative estimate of drug-likeness (QED) is 0.748. The number of nitrogens with one attached hydrogen (secondary N) is 1. The molecule has 3 nitrogen and oxygen atoms in total. The van der Waals surface area contributed by atoms with Crippen LogP contribution in [0.4, 0.5) is 0 Å². The fourth-order valence-electron chi connectivity index (χ4n) is 2.46. The highest BCUT2D eigenvalue weighted by Gasteiger charge is 2.26. The molecule has 3 unspecified atom stereocenters. The molecule has 1 aliphatic heterocycles. The molecule has 0 spiro atoms. The molecule has 3 atom stereocenters.